The molecule has 7 heteroatoms. The van der Waals surface area contributed by atoms with Gasteiger partial charge >= 0.3 is 0 Å². The summed E-state index contributed by atoms with van der Waals surface area (Å²) in [4.78, 5) is 10.6. The minimum absolute atomic E-state index is 0.138. The molecule has 0 spiro atoms. The van der Waals surface area contributed by atoms with Crippen LogP contribution in [-0.2, 0) is 4.79 Å². The largest absolute Gasteiger partial charge is 0.491 e. The zero-order valence-electron chi connectivity index (χ0n) is 10.6. The van der Waals surface area contributed by atoms with Gasteiger partial charge in [0.15, 0.2) is 5.76 Å². The molecule has 0 aliphatic heterocycles. The summed E-state index contributed by atoms with van der Waals surface area (Å²) in [5, 5.41) is 6.56. The number of rotatable bonds is 7. The lowest BCUT2D eigenvalue weighted by Gasteiger charge is -2.10. The molecule has 0 saturated heterocycles. The number of carbonyl (C=O) groups is 1. The fraction of sp³-hybridized carbons (Fsp3) is 0.231. The van der Waals surface area contributed by atoms with Gasteiger partial charge in [0.1, 0.15) is 12.4 Å². The standard InChI is InChI=1S/C13H14BrN3O3/c14-9-1-2-11(19-6-5-16-8-13(15)18)10(7-9)12-3-4-17-20-12/h1-4,7,16H,5-6,8H2,(H2,15,18). The van der Waals surface area contributed by atoms with Crippen LogP contribution < -0.4 is 15.8 Å². The summed E-state index contributed by atoms with van der Waals surface area (Å²) >= 11 is 3.41. The SMILES string of the molecule is NC(=O)CNCCOc1ccc(Br)cc1-c1ccno1. The number of carbonyl (C=O) groups excluding carboxylic acids is 1. The number of nitrogens with two attached hydrogens (primary N) is 1. The molecular weight excluding hydrogens is 326 g/mol. The van der Waals surface area contributed by atoms with Crippen molar-refractivity contribution in [1.29, 1.82) is 0 Å². The Morgan fingerprint density at radius 2 is 2.30 bits per heavy atom. The Morgan fingerprint density at radius 3 is 3.00 bits per heavy atom. The van der Waals surface area contributed by atoms with Gasteiger partial charge in [0.05, 0.1) is 18.3 Å². The summed E-state index contributed by atoms with van der Waals surface area (Å²) in [6, 6.07) is 7.38. The zero-order valence-corrected chi connectivity index (χ0v) is 12.2. The Labute approximate surface area is 124 Å². The van der Waals surface area contributed by atoms with E-state index in [0.29, 0.717) is 24.7 Å². The quantitative estimate of drug-likeness (QED) is 0.747. The molecule has 2 aromatic rings. The van der Waals surface area contributed by atoms with Crippen LogP contribution in [0.4, 0.5) is 0 Å². The molecule has 1 heterocycles. The maximum atomic E-state index is 10.6. The molecule has 0 radical (unpaired) electrons. The second-order valence-electron chi connectivity index (χ2n) is 4.01. The maximum absolute atomic E-state index is 10.6. The fourth-order valence-corrected chi connectivity index (χ4v) is 1.98. The van der Waals surface area contributed by atoms with E-state index in [1.807, 2.05) is 18.2 Å². The van der Waals surface area contributed by atoms with Crippen molar-refractivity contribution in [3.8, 4) is 17.1 Å². The Bertz CT molecular complexity index is 572. The molecule has 0 fully saturated rings. The molecule has 3 N–H and O–H groups in total. The summed E-state index contributed by atoms with van der Waals surface area (Å²) < 4.78 is 11.7. The molecule has 1 aromatic heterocycles. The van der Waals surface area contributed by atoms with Crippen molar-refractivity contribution in [2.24, 2.45) is 5.73 Å². The average molecular weight is 340 g/mol. The summed E-state index contributed by atoms with van der Waals surface area (Å²) in [7, 11) is 0. The Balaban J connectivity index is 1.99. The fourth-order valence-electron chi connectivity index (χ4n) is 1.62. The molecule has 20 heavy (non-hydrogen) atoms. The highest BCUT2D eigenvalue weighted by atomic mass is 79.9. The second-order valence-corrected chi connectivity index (χ2v) is 4.92. The van der Waals surface area contributed by atoms with Gasteiger partial charge in [-0.2, -0.15) is 0 Å². The van der Waals surface area contributed by atoms with E-state index in [-0.39, 0.29) is 6.54 Å². The molecule has 2 rings (SSSR count). The van der Waals surface area contributed by atoms with Crippen LogP contribution in [0.25, 0.3) is 11.3 Å². The van der Waals surface area contributed by atoms with E-state index in [9.17, 15) is 4.79 Å². The highest BCUT2D eigenvalue weighted by Gasteiger charge is 2.10. The first kappa shape index (κ1) is 14.5. The molecule has 1 amide bonds. The smallest absolute Gasteiger partial charge is 0.231 e. The van der Waals surface area contributed by atoms with Gasteiger partial charge in [-0.25, -0.2) is 0 Å². The van der Waals surface area contributed by atoms with Crippen molar-refractivity contribution < 1.29 is 14.1 Å². The summed E-state index contributed by atoms with van der Waals surface area (Å²) in [5.74, 6) is 0.924. The van der Waals surface area contributed by atoms with Gasteiger partial charge in [-0.05, 0) is 18.2 Å². The Morgan fingerprint density at radius 1 is 1.45 bits per heavy atom. The minimum Gasteiger partial charge on any atom is -0.491 e. The van der Waals surface area contributed by atoms with Crippen molar-refractivity contribution in [2.45, 2.75) is 0 Å². The minimum atomic E-state index is -0.393. The van der Waals surface area contributed by atoms with E-state index in [0.717, 1.165) is 10.0 Å². The van der Waals surface area contributed by atoms with Crippen LogP contribution in [0.5, 0.6) is 5.75 Å². The van der Waals surface area contributed by atoms with Crippen molar-refractivity contribution in [3.05, 3.63) is 34.9 Å². The molecule has 0 bridgehead atoms. The topological polar surface area (TPSA) is 90.4 Å². The third kappa shape index (κ3) is 4.07. The van der Waals surface area contributed by atoms with E-state index >= 15 is 0 Å². The lowest BCUT2D eigenvalue weighted by molar-refractivity contribution is -0.117. The number of ether oxygens (including phenoxy) is 1. The number of hydrogen-bond acceptors (Lipinski definition) is 5. The van der Waals surface area contributed by atoms with E-state index < -0.39 is 5.91 Å². The van der Waals surface area contributed by atoms with Gasteiger partial charge in [-0.15, -0.1) is 0 Å². The number of halogens is 1. The highest BCUT2D eigenvalue weighted by Crippen LogP contribution is 2.32. The van der Waals surface area contributed by atoms with Crippen molar-refractivity contribution in [2.75, 3.05) is 19.7 Å². The predicted molar refractivity (Wildman–Crippen MR) is 77.2 cm³/mol. The number of benzene rings is 1. The zero-order chi connectivity index (χ0) is 14.4. The second kappa shape index (κ2) is 7.06. The third-order valence-corrected chi connectivity index (χ3v) is 2.97. The van der Waals surface area contributed by atoms with Gasteiger partial charge < -0.3 is 20.3 Å². The Kier molecular flexibility index (Phi) is 5.14. The predicted octanol–water partition coefficient (Wildman–Crippen LogP) is 1.56. The first-order chi connectivity index (χ1) is 9.66. The van der Waals surface area contributed by atoms with Crippen LogP contribution in [0.3, 0.4) is 0 Å². The molecule has 106 valence electrons. The first-order valence-corrected chi connectivity index (χ1v) is 6.78. The van der Waals surface area contributed by atoms with Crippen LogP contribution >= 0.6 is 15.9 Å². The van der Waals surface area contributed by atoms with Crippen LogP contribution in [0.1, 0.15) is 0 Å². The lowest BCUT2D eigenvalue weighted by Crippen LogP contribution is -2.31. The van der Waals surface area contributed by atoms with Crippen LogP contribution in [0, 0.1) is 0 Å². The number of nitrogens with one attached hydrogen (secondary N) is 1. The summed E-state index contributed by atoms with van der Waals surface area (Å²) in [6.45, 7) is 1.07. The van der Waals surface area contributed by atoms with Crippen molar-refractivity contribution >= 4 is 21.8 Å². The van der Waals surface area contributed by atoms with Gasteiger partial charge in [0.2, 0.25) is 5.91 Å². The molecule has 0 aliphatic carbocycles. The van der Waals surface area contributed by atoms with Crippen LogP contribution in [0.2, 0.25) is 0 Å². The van der Waals surface area contributed by atoms with Gasteiger partial charge in [0, 0.05) is 17.1 Å². The number of aromatic nitrogens is 1. The normalized spacial score (nSPS) is 10.4. The molecule has 0 aliphatic rings. The Hall–Kier alpha value is -1.86. The summed E-state index contributed by atoms with van der Waals surface area (Å²) in [5.41, 5.74) is 5.84. The van der Waals surface area contributed by atoms with Crippen molar-refractivity contribution in [3.63, 3.8) is 0 Å². The molecule has 1 aromatic carbocycles. The molecule has 0 unspecified atom stereocenters. The molecule has 0 saturated carbocycles. The molecule has 6 nitrogen and oxygen atoms in total. The third-order valence-electron chi connectivity index (χ3n) is 2.48. The van der Waals surface area contributed by atoms with E-state index in [1.54, 1.807) is 12.3 Å². The van der Waals surface area contributed by atoms with Gasteiger partial charge in [0.25, 0.3) is 0 Å². The van der Waals surface area contributed by atoms with Crippen LogP contribution in [0.15, 0.2) is 39.5 Å². The van der Waals surface area contributed by atoms with E-state index in [2.05, 4.69) is 26.4 Å². The van der Waals surface area contributed by atoms with Gasteiger partial charge in [-0.1, -0.05) is 21.1 Å². The maximum Gasteiger partial charge on any atom is 0.231 e. The highest BCUT2D eigenvalue weighted by molar-refractivity contribution is 9.10. The number of amides is 1. The van der Waals surface area contributed by atoms with Crippen LogP contribution in [-0.4, -0.2) is 30.8 Å². The van der Waals surface area contributed by atoms with Crippen molar-refractivity contribution in [1.82, 2.24) is 10.5 Å². The number of nitrogens with zero attached hydrogens (tertiary/aromatic N) is 1. The van der Waals surface area contributed by atoms with E-state index in [1.165, 1.54) is 0 Å². The average Bonchev–Trinajstić information content (AvgIpc) is 2.93. The lowest BCUT2D eigenvalue weighted by atomic mass is 10.1. The monoisotopic (exact) mass is 339 g/mol. The van der Waals surface area contributed by atoms with Gasteiger partial charge in [-0.3, -0.25) is 4.79 Å². The first-order valence-electron chi connectivity index (χ1n) is 5.99. The van der Waals surface area contributed by atoms with E-state index in [4.69, 9.17) is 15.0 Å². The molecular formula is C13H14BrN3O3. The number of hydrogen-bond donors (Lipinski definition) is 2. The molecule has 0 atom stereocenters. The summed E-state index contributed by atoms with van der Waals surface area (Å²) in [6.07, 6.45) is 1.58. The number of primary amides is 1.